The number of carbonyl (C=O) groups excluding carboxylic acids is 2. The Morgan fingerprint density at radius 2 is 1.97 bits per heavy atom. The van der Waals surface area contributed by atoms with Gasteiger partial charge in [-0.3, -0.25) is 9.89 Å². The Hall–Kier alpha value is -3.72. The zero-order valence-electron chi connectivity index (χ0n) is 19.9. The van der Waals surface area contributed by atoms with Crippen molar-refractivity contribution in [3.8, 4) is 11.1 Å². The highest BCUT2D eigenvalue weighted by Gasteiger charge is 2.28. The Morgan fingerprint density at radius 3 is 2.69 bits per heavy atom. The van der Waals surface area contributed by atoms with Crippen LogP contribution < -0.4 is 10.2 Å². The van der Waals surface area contributed by atoms with Crippen LogP contribution in [0, 0.1) is 0 Å². The van der Waals surface area contributed by atoms with Crippen LogP contribution in [0.1, 0.15) is 25.0 Å². The molecule has 2 N–H and O–H groups in total. The molecule has 5 rings (SSSR count). The average Bonchev–Trinajstić information content (AvgIpc) is 3.57. The molecule has 3 aromatic rings. The van der Waals surface area contributed by atoms with E-state index in [-0.39, 0.29) is 5.91 Å². The van der Waals surface area contributed by atoms with Crippen LogP contribution in [0.3, 0.4) is 0 Å². The molecule has 9 heteroatoms. The number of ether oxygens (including phenoxy) is 1. The normalized spacial score (nSPS) is 18.5. The van der Waals surface area contributed by atoms with Gasteiger partial charge in [0.25, 0.3) is 0 Å². The number of nitrogens with zero attached hydrogens (tertiary/aromatic N) is 4. The Morgan fingerprint density at radius 1 is 1.17 bits per heavy atom. The van der Waals surface area contributed by atoms with Crippen LogP contribution in [0.25, 0.3) is 28.2 Å². The van der Waals surface area contributed by atoms with Crippen molar-refractivity contribution in [1.29, 1.82) is 0 Å². The molecule has 2 aliphatic heterocycles. The number of fused-ring (bicyclic) bond motifs is 1. The minimum Gasteiger partial charge on any atom is -0.466 e. The Balaban J connectivity index is 1.47. The molecule has 0 unspecified atom stereocenters. The van der Waals surface area contributed by atoms with Crippen LogP contribution >= 0.6 is 0 Å². The molecule has 0 bridgehead atoms. The maximum absolute atomic E-state index is 12.9. The lowest BCUT2D eigenvalue weighted by molar-refractivity contribution is -0.135. The number of carbonyl (C=O) groups is 2. The first-order valence-electron chi connectivity index (χ1n) is 12.1. The smallest absolute Gasteiger partial charge is 0.330 e. The van der Waals surface area contributed by atoms with E-state index in [0.29, 0.717) is 50.0 Å². The summed E-state index contributed by atoms with van der Waals surface area (Å²) >= 11 is 0. The maximum Gasteiger partial charge on any atom is 0.330 e. The standard InChI is InChI=1S/C26H30N6O3/c1-35-23(34)10-9-21-24-25(20(17-28-26(24)30-29-21)18-6-3-2-4-7-18)32-14-12-31(13-15-32)22(33)16-19-8-5-11-27-19/h2-4,6-7,9-10,17,19,27H,5,8,11-16H2,1H3,(H,28,29,30)/t19-/m0/s1. The molecule has 35 heavy (non-hydrogen) atoms. The van der Waals surface area contributed by atoms with Gasteiger partial charge in [0.2, 0.25) is 5.91 Å². The Kier molecular flexibility index (Phi) is 6.76. The highest BCUT2D eigenvalue weighted by molar-refractivity contribution is 6.03. The number of hydrogen-bond donors (Lipinski definition) is 2. The van der Waals surface area contributed by atoms with Crippen LogP contribution in [0.15, 0.2) is 42.6 Å². The van der Waals surface area contributed by atoms with Gasteiger partial charge in [-0.1, -0.05) is 30.3 Å². The zero-order chi connectivity index (χ0) is 24.2. The SMILES string of the molecule is COC(=O)C=Cc1[nH]nc2ncc(-c3ccccc3)c(N3CCN(C(=O)C[C@@H]4CCCN4)CC3)c12. The number of amides is 1. The van der Waals surface area contributed by atoms with Crippen molar-refractivity contribution in [2.45, 2.75) is 25.3 Å². The van der Waals surface area contributed by atoms with Gasteiger partial charge in [0.1, 0.15) is 0 Å². The van der Waals surface area contributed by atoms with Crippen LogP contribution in [-0.2, 0) is 14.3 Å². The lowest BCUT2D eigenvalue weighted by Gasteiger charge is -2.37. The first-order valence-corrected chi connectivity index (χ1v) is 12.1. The highest BCUT2D eigenvalue weighted by atomic mass is 16.5. The van der Waals surface area contributed by atoms with Crippen molar-refractivity contribution < 1.29 is 14.3 Å². The van der Waals surface area contributed by atoms with Crippen LogP contribution in [-0.4, -0.2) is 77.8 Å². The molecule has 0 aliphatic carbocycles. The molecule has 1 aromatic carbocycles. The predicted molar refractivity (Wildman–Crippen MR) is 135 cm³/mol. The van der Waals surface area contributed by atoms with Gasteiger partial charge in [-0.05, 0) is 31.0 Å². The molecule has 4 heterocycles. The van der Waals surface area contributed by atoms with E-state index in [0.717, 1.165) is 41.6 Å². The van der Waals surface area contributed by atoms with E-state index < -0.39 is 5.97 Å². The fraction of sp³-hybridized carbons (Fsp3) is 0.385. The van der Waals surface area contributed by atoms with Gasteiger partial charge in [0, 0.05) is 56.5 Å². The van der Waals surface area contributed by atoms with Crippen LogP contribution in [0.2, 0.25) is 0 Å². The molecule has 2 aliphatic rings. The van der Waals surface area contributed by atoms with Gasteiger partial charge in [-0.15, -0.1) is 0 Å². The number of esters is 1. The quantitative estimate of drug-likeness (QED) is 0.418. The van der Waals surface area contributed by atoms with Crippen molar-refractivity contribution in [3.05, 3.63) is 48.3 Å². The first kappa shape index (κ1) is 23.0. The van der Waals surface area contributed by atoms with Gasteiger partial charge in [-0.25, -0.2) is 9.78 Å². The summed E-state index contributed by atoms with van der Waals surface area (Å²) in [5.41, 5.74) is 4.31. The Bertz CT molecular complexity index is 1220. The molecule has 0 spiro atoms. The van der Waals surface area contributed by atoms with E-state index in [1.807, 2.05) is 29.3 Å². The summed E-state index contributed by atoms with van der Waals surface area (Å²) in [5.74, 6) is -0.220. The van der Waals surface area contributed by atoms with Crippen molar-refractivity contribution >= 4 is 34.7 Å². The number of aromatic nitrogens is 3. The third-order valence-electron chi connectivity index (χ3n) is 6.79. The second kappa shape index (κ2) is 10.3. The van der Waals surface area contributed by atoms with Crippen molar-refractivity contribution in [1.82, 2.24) is 25.4 Å². The van der Waals surface area contributed by atoms with Gasteiger partial charge >= 0.3 is 5.97 Å². The Labute approximate surface area is 204 Å². The number of aromatic amines is 1. The number of anilines is 1. The fourth-order valence-corrected chi connectivity index (χ4v) is 4.94. The number of hydrogen-bond acceptors (Lipinski definition) is 7. The number of rotatable bonds is 6. The third kappa shape index (κ3) is 4.90. The van der Waals surface area contributed by atoms with Gasteiger partial charge < -0.3 is 19.9 Å². The molecular weight excluding hydrogens is 444 g/mol. The first-order chi connectivity index (χ1) is 17.1. The lowest BCUT2D eigenvalue weighted by Crippen LogP contribution is -2.50. The highest BCUT2D eigenvalue weighted by Crippen LogP contribution is 2.38. The zero-order valence-corrected chi connectivity index (χ0v) is 19.9. The molecule has 1 amide bonds. The fourth-order valence-electron chi connectivity index (χ4n) is 4.94. The summed E-state index contributed by atoms with van der Waals surface area (Å²) in [4.78, 5) is 33.5. The molecule has 182 valence electrons. The largest absolute Gasteiger partial charge is 0.466 e. The van der Waals surface area contributed by atoms with E-state index in [2.05, 4.69) is 37.5 Å². The van der Waals surface area contributed by atoms with E-state index in [1.54, 1.807) is 6.08 Å². The van der Waals surface area contributed by atoms with Gasteiger partial charge in [-0.2, -0.15) is 5.10 Å². The summed E-state index contributed by atoms with van der Waals surface area (Å²) in [6.07, 6.45) is 7.69. The second-order valence-electron chi connectivity index (χ2n) is 8.94. The molecular formula is C26H30N6O3. The molecule has 1 atom stereocenters. The van der Waals surface area contributed by atoms with E-state index in [1.165, 1.54) is 13.2 Å². The molecule has 9 nitrogen and oxygen atoms in total. The van der Waals surface area contributed by atoms with Gasteiger partial charge in [0.05, 0.1) is 23.9 Å². The maximum atomic E-state index is 12.9. The average molecular weight is 475 g/mol. The summed E-state index contributed by atoms with van der Waals surface area (Å²) in [5, 5.41) is 11.7. The number of piperazine rings is 1. The van der Waals surface area contributed by atoms with Crippen molar-refractivity contribution in [2.24, 2.45) is 0 Å². The van der Waals surface area contributed by atoms with E-state index in [9.17, 15) is 9.59 Å². The second-order valence-corrected chi connectivity index (χ2v) is 8.94. The van der Waals surface area contributed by atoms with Crippen LogP contribution in [0.5, 0.6) is 0 Å². The number of pyridine rings is 1. The number of H-pyrrole nitrogens is 1. The number of benzene rings is 1. The van der Waals surface area contributed by atoms with E-state index >= 15 is 0 Å². The monoisotopic (exact) mass is 474 g/mol. The summed E-state index contributed by atoms with van der Waals surface area (Å²) in [7, 11) is 1.35. The van der Waals surface area contributed by atoms with Crippen molar-refractivity contribution in [2.75, 3.05) is 44.7 Å². The summed E-state index contributed by atoms with van der Waals surface area (Å²) < 4.78 is 4.75. The van der Waals surface area contributed by atoms with Crippen LogP contribution in [0.4, 0.5) is 5.69 Å². The summed E-state index contributed by atoms with van der Waals surface area (Å²) in [6, 6.07) is 10.4. The third-order valence-corrected chi connectivity index (χ3v) is 6.79. The molecule has 2 fully saturated rings. The number of methoxy groups -OCH3 is 1. The minimum atomic E-state index is -0.439. The van der Waals surface area contributed by atoms with Crippen molar-refractivity contribution in [3.63, 3.8) is 0 Å². The van der Waals surface area contributed by atoms with Gasteiger partial charge in [0.15, 0.2) is 5.65 Å². The summed E-state index contributed by atoms with van der Waals surface area (Å²) in [6.45, 7) is 3.73. The van der Waals surface area contributed by atoms with E-state index in [4.69, 9.17) is 4.74 Å². The lowest BCUT2D eigenvalue weighted by atomic mass is 10.0. The molecule has 0 radical (unpaired) electrons. The minimum absolute atomic E-state index is 0.220. The molecule has 2 aromatic heterocycles. The molecule has 0 saturated carbocycles. The number of nitrogens with one attached hydrogen (secondary N) is 2. The topological polar surface area (TPSA) is 103 Å². The molecule has 2 saturated heterocycles. The predicted octanol–water partition coefficient (Wildman–Crippen LogP) is 2.60.